The molecule has 3 nitrogen and oxygen atoms in total. The fourth-order valence-electron chi connectivity index (χ4n) is 4.54. The third-order valence-electron chi connectivity index (χ3n) is 5.79. The van der Waals surface area contributed by atoms with Crippen molar-refractivity contribution >= 4 is 14.0 Å². The zero-order valence-electron chi connectivity index (χ0n) is 14.9. The van der Waals surface area contributed by atoms with Crippen LogP contribution < -0.4 is 0 Å². The van der Waals surface area contributed by atoms with Gasteiger partial charge in [-0.2, -0.15) is 0 Å². The third kappa shape index (κ3) is 2.92. The number of amides is 1. The van der Waals surface area contributed by atoms with Crippen LogP contribution >= 0.6 is 0 Å². The van der Waals surface area contributed by atoms with Gasteiger partial charge in [0.2, 0.25) is 5.91 Å². The van der Waals surface area contributed by atoms with E-state index >= 15 is 0 Å². The molecule has 1 amide bonds. The number of carbonyl (C=O) groups is 1. The number of hydrogen-bond donors (Lipinski definition) is 1. The second-order valence-electron chi connectivity index (χ2n) is 8.13. The molecular formula is C18H33NO2Si. The molecule has 0 aliphatic carbocycles. The first-order valence-corrected chi connectivity index (χ1v) is 12.4. The molecule has 1 N–H and O–H groups in total. The van der Waals surface area contributed by atoms with Crippen molar-refractivity contribution in [1.29, 1.82) is 0 Å². The predicted molar refractivity (Wildman–Crippen MR) is 94.3 cm³/mol. The summed E-state index contributed by atoms with van der Waals surface area (Å²) in [5.74, 6) is 0.565. The lowest BCUT2D eigenvalue weighted by atomic mass is 9.73. The van der Waals surface area contributed by atoms with Crippen LogP contribution in [0.15, 0.2) is 11.8 Å². The van der Waals surface area contributed by atoms with E-state index in [9.17, 15) is 9.90 Å². The van der Waals surface area contributed by atoms with E-state index in [1.165, 1.54) is 5.20 Å². The summed E-state index contributed by atoms with van der Waals surface area (Å²) in [5.41, 5.74) is 0. The molecule has 2 aliphatic rings. The van der Waals surface area contributed by atoms with Crippen molar-refractivity contribution in [2.24, 2.45) is 11.8 Å². The van der Waals surface area contributed by atoms with Crippen molar-refractivity contribution in [3.05, 3.63) is 11.8 Å². The van der Waals surface area contributed by atoms with E-state index in [1.807, 2.05) is 0 Å². The van der Waals surface area contributed by atoms with Crippen LogP contribution in [0.3, 0.4) is 0 Å². The SMILES string of the molecule is C=C([C@H]1[C@@H](O)[C@H](CC)[C@@H]2CCC(=O)N2[C@@H]1CCC)[Si](C)(C)C. The number of piperidine rings is 1. The van der Waals surface area contributed by atoms with Gasteiger partial charge in [-0.3, -0.25) is 4.79 Å². The molecule has 0 spiro atoms. The van der Waals surface area contributed by atoms with Crippen molar-refractivity contribution in [2.75, 3.05) is 0 Å². The summed E-state index contributed by atoms with van der Waals surface area (Å²) in [6.07, 6.45) is 4.18. The van der Waals surface area contributed by atoms with Gasteiger partial charge in [0.1, 0.15) is 0 Å². The molecule has 0 radical (unpaired) electrons. The van der Waals surface area contributed by atoms with Gasteiger partial charge in [0.15, 0.2) is 0 Å². The molecule has 2 fully saturated rings. The normalized spacial score (nSPS) is 35.6. The Morgan fingerprint density at radius 3 is 2.50 bits per heavy atom. The number of aliphatic hydroxyl groups is 1. The minimum Gasteiger partial charge on any atom is -0.392 e. The Morgan fingerprint density at radius 2 is 2.00 bits per heavy atom. The Bertz CT molecular complexity index is 443. The molecule has 0 bridgehead atoms. The second-order valence-corrected chi connectivity index (χ2v) is 13.3. The lowest BCUT2D eigenvalue weighted by Gasteiger charge is -2.52. The molecule has 0 aromatic heterocycles. The lowest BCUT2D eigenvalue weighted by Crippen LogP contribution is -2.61. The number of hydrogen-bond acceptors (Lipinski definition) is 2. The summed E-state index contributed by atoms with van der Waals surface area (Å²) in [6, 6.07) is 0.400. The van der Waals surface area contributed by atoms with Crippen LogP contribution in [0.2, 0.25) is 19.6 Å². The molecule has 0 saturated carbocycles. The van der Waals surface area contributed by atoms with Crippen molar-refractivity contribution in [3.63, 3.8) is 0 Å². The van der Waals surface area contributed by atoms with E-state index < -0.39 is 8.07 Å². The van der Waals surface area contributed by atoms with Gasteiger partial charge in [0, 0.05) is 30.3 Å². The monoisotopic (exact) mass is 323 g/mol. The molecule has 0 aromatic rings. The van der Waals surface area contributed by atoms with E-state index in [1.54, 1.807) is 0 Å². The maximum atomic E-state index is 12.5. The molecule has 0 unspecified atom stereocenters. The summed E-state index contributed by atoms with van der Waals surface area (Å²) in [4.78, 5) is 14.7. The number of fused-ring (bicyclic) bond motifs is 1. The van der Waals surface area contributed by atoms with Gasteiger partial charge >= 0.3 is 0 Å². The zero-order chi connectivity index (χ0) is 16.7. The number of nitrogens with zero attached hydrogens (tertiary/aromatic N) is 1. The Balaban J connectivity index is 2.43. The van der Waals surface area contributed by atoms with E-state index in [0.717, 1.165) is 25.7 Å². The molecular weight excluding hydrogens is 290 g/mol. The standard InChI is InChI=1S/C18H33NO2Si/c1-7-9-15-17(12(3)22(4,5)6)18(21)13(8-2)14-10-11-16(20)19(14)15/h13-15,17-18,21H,3,7-11H2,1-2,4-6H3/t13-,14+,15-,17-,18+/m1/s1. The fraction of sp³-hybridized carbons (Fsp3) is 0.833. The third-order valence-corrected chi connectivity index (χ3v) is 8.05. The maximum absolute atomic E-state index is 12.5. The van der Waals surface area contributed by atoms with Crippen LogP contribution in [0.5, 0.6) is 0 Å². The number of rotatable bonds is 5. The molecule has 0 aromatic carbocycles. The minimum absolute atomic E-state index is 0.0647. The molecule has 4 heteroatoms. The summed E-state index contributed by atoms with van der Waals surface area (Å²) in [6.45, 7) is 15.6. The fourth-order valence-corrected chi connectivity index (χ4v) is 5.90. The van der Waals surface area contributed by atoms with Gasteiger partial charge in [-0.15, -0.1) is 6.58 Å². The summed E-state index contributed by atoms with van der Waals surface area (Å²) in [5, 5.41) is 12.3. The highest BCUT2D eigenvalue weighted by Crippen LogP contribution is 2.45. The first-order chi connectivity index (χ1) is 10.2. The van der Waals surface area contributed by atoms with Gasteiger partial charge in [0.25, 0.3) is 0 Å². The predicted octanol–water partition coefficient (Wildman–Crippen LogP) is 3.60. The topological polar surface area (TPSA) is 40.5 Å². The van der Waals surface area contributed by atoms with Crippen molar-refractivity contribution in [1.82, 2.24) is 4.90 Å². The molecule has 126 valence electrons. The van der Waals surface area contributed by atoms with E-state index in [0.29, 0.717) is 12.3 Å². The van der Waals surface area contributed by atoms with Gasteiger partial charge in [0.05, 0.1) is 14.2 Å². The van der Waals surface area contributed by atoms with Crippen molar-refractivity contribution in [3.8, 4) is 0 Å². The van der Waals surface area contributed by atoms with Crippen LogP contribution in [0.25, 0.3) is 0 Å². The Labute approximate surface area is 136 Å². The molecule has 2 saturated heterocycles. The molecule has 2 aliphatic heterocycles. The lowest BCUT2D eigenvalue weighted by molar-refractivity contribution is -0.142. The summed E-state index contributed by atoms with van der Waals surface area (Å²) in [7, 11) is -1.56. The summed E-state index contributed by atoms with van der Waals surface area (Å²) >= 11 is 0. The van der Waals surface area contributed by atoms with Crippen LogP contribution in [0.4, 0.5) is 0 Å². The van der Waals surface area contributed by atoms with Gasteiger partial charge < -0.3 is 10.0 Å². The highest BCUT2D eigenvalue weighted by atomic mass is 28.3. The van der Waals surface area contributed by atoms with Crippen molar-refractivity contribution < 1.29 is 9.90 Å². The average molecular weight is 324 g/mol. The highest BCUT2D eigenvalue weighted by Gasteiger charge is 2.53. The summed E-state index contributed by atoms with van der Waals surface area (Å²) < 4.78 is 0. The molecule has 22 heavy (non-hydrogen) atoms. The van der Waals surface area contributed by atoms with E-state index in [-0.39, 0.29) is 30.0 Å². The highest BCUT2D eigenvalue weighted by molar-refractivity contribution is 6.83. The second kappa shape index (κ2) is 6.48. The Kier molecular flexibility index (Phi) is 5.22. The van der Waals surface area contributed by atoms with Crippen LogP contribution in [-0.4, -0.2) is 42.2 Å². The van der Waals surface area contributed by atoms with E-state index in [2.05, 4.69) is 45.0 Å². The zero-order valence-corrected chi connectivity index (χ0v) is 15.9. The van der Waals surface area contributed by atoms with Crippen LogP contribution in [0.1, 0.15) is 46.0 Å². The van der Waals surface area contributed by atoms with Crippen LogP contribution in [-0.2, 0) is 4.79 Å². The largest absolute Gasteiger partial charge is 0.392 e. The Hall–Kier alpha value is -0.613. The maximum Gasteiger partial charge on any atom is 0.223 e. The minimum atomic E-state index is -1.56. The van der Waals surface area contributed by atoms with Gasteiger partial charge in [-0.1, -0.05) is 45.1 Å². The quantitative estimate of drug-likeness (QED) is 0.785. The first-order valence-electron chi connectivity index (χ1n) is 8.92. The van der Waals surface area contributed by atoms with Crippen molar-refractivity contribution in [2.45, 2.75) is 83.8 Å². The number of aliphatic hydroxyl groups excluding tert-OH is 1. The van der Waals surface area contributed by atoms with Gasteiger partial charge in [-0.25, -0.2) is 0 Å². The van der Waals surface area contributed by atoms with Gasteiger partial charge in [-0.05, 0) is 19.3 Å². The molecule has 2 heterocycles. The first kappa shape index (κ1) is 17.7. The average Bonchev–Trinajstić information content (AvgIpc) is 2.80. The smallest absolute Gasteiger partial charge is 0.223 e. The Morgan fingerprint density at radius 1 is 1.36 bits per heavy atom. The molecule has 2 rings (SSSR count). The van der Waals surface area contributed by atoms with Crippen LogP contribution in [0, 0.1) is 11.8 Å². The number of carbonyl (C=O) groups excluding carboxylic acids is 1. The molecule has 5 atom stereocenters. The van der Waals surface area contributed by atoms with E-state index in [4.69, 9.17) is 0 Å².